The molecule has 0 aliphatic carbocycles. The van der Waals surface area contributed by atoms with E-state index in [1.165, 1.54) is 135 Å². The van der Waals surface area contributed by atoms with Crippen molar-refractivity contribution in [2.24, 2.45) is 0 Å². The van der Waals surface area contributed by atoms with E-state index in [0.717, 1.165) is 128 Å². The number of hydrogen-bond donors (Lipinski definition) is 6. The second-order valence-corrected chi connectivity index (χ2v) is 25.0. The van der Waals surface area contributed by atoms with Gasteiger partial charge in [0.2, 0.25) is 5.91 Å². The van der Waals surface area contributed by atoms with Gasteiger partial charge in [0.1, 0.15) is 24.4 Å². The van der Waals surface area contributed by atoms with Crippen LogP contribution in [0.3, 0.4) is 0 Å². The molecule has 11 nitrogen and oxygen atoms in total. The lowest BCUT2D eigenvalue weighted by atomic mass is 9.99. The van der Waals surface area contributed by atoms with Crippen molar-refractivity contribution in [3.05, 3.63) is 109 Å². The summed E-state index contributed by atoms with van der Waals surface area (Å²) < 4.78 is 17.7. The predicted octanol–water partition coefficient (Wildman–Crippen LogP) is 19.2. The lowest BCUT2D eigenvalue weighted by molar-refractivity contribution is -0.305. The standard InChI is InChI=1S/C78H135NO10/c1-4-7-10-13-16-19-22-24-26-28-30-32-34-35-36-38-39-41-43-45-47-50-53-56-59-62-65-71(82)77(86)79-69(70(81)64-61-58-55-52-49-21-18-15-12-9-6-3)68-87-78-76(75(85)74(84)72(67-80)88-78)89-73(83)66-63-60-57-54-51-48-46-44-42-40-37-33-31-29-27-25-23-20-17-14-11-8-5-2/h16-17,19-20,24-27,30-33,35-36,40,42,61,64,69-72,74-76,78,80-82,84-85H,4-15,18,21-23,28-29,34,37-39,41,43-60,62-63,65-68H2,1-3H3,(H,79,86)/b19-16-,20-17-,26-24-,27-25-,32-30-,33-31-,36-35-,42-40-,64-61+. The topological polar surface area (TPSA) is 175 Å². The Morgan fingerprint density at radius 3 is 1.18 bits per heavy atom. The van der Waals surface area contributed by atoms with E-state index >= 15 is 0 Å². The molecule has 1 aliphatic rings. The van der Waals surface area contributed by atoms with Crippen LogP contribution in [0.2, 0.25) is 0 Å². The molecule has 0 saturated carbocycles. The van der Waals surface area contributed by atoms with Gasteiger partial charge in [0.05, 0.1) is 25.4 Å². The highest BCUT2D eigenvalue weighted by molar-refractivity contribution is 5.80. The first kappa shape index (κ1) is 83.3. The van der Waals surface area contributed by atoms with Crippen molar-refractivity contribution in [3.63, 3.8) is 0 Å². The Bertz CT molecular complexity index is 1870. The average molecular weight is 1250 g/mol. The number of carbonyl (C=O) groups excluding carboxylic acids is 2. The average Bonchev–Trinajstić information content (AvgIpc) is 2.45. The molecule has 0 spiro atoms. The van der Waals surface area contributed by atoms with E-state index in [4.69, 9.17) is 14.2 Å². The van der Waals surface area contributed by atoms with Crippen molar-refractivity contribution in [2.75, 3.05) is 13.2 Å². The maximum absolute atomic E-state index is 13.5. The smallest absolute Gasteiger partial charge is 0.306 e. The molecule has 0 aromatic carbocycles. The van der Waals surface area contributed by atoms with Gasteiger partial charge in [0, 0.05) is 6.42 Å². The summed E-state index contributed by atoms with van der Waals surface area (Å²) in [4.78, 5) is 26.7. The van der Waals surface area contributed by atoms with Crippen LogP contribution in [0, 0.1) is 0 Å². The molecule has 1 fully saturated rings. The van der Waals surface area contributed by atoms with Gasteiger partial charge >= 0.3 is 5.97 Å². The highest BCUT2D eigenvalue weighted by Crippen LogP contribution is 2.26. The normalized spacial score (nSPS) is 18.8. The molecule has 0 aromatic rings. The maximum Gasteiger partial charge on any atom is 0.306 e. The summed E-state index contributed by atoms with van der Waals surface area (Å²) in [6, 6.07) is -1.04. The zero-order valence-corrected chi connectivity index (χ0v) is 57.0. The van der Waals surface area contributed by atoms with Crippen LogP contribution >= 0.6 is 0 Å². The van der Waals surface area contributed by atoms with Gasteiger partial charge in [-0.2, -0.15) is 0 Å². The summed E-state index contributed by atoms with van der Waals surface area (Å²) >= 11 is 0. The monoisotopic (exact) mass is 1250 g/mol. The third kappa shape index (κ3) is 51.5. The number of amides is 1. The molecule has 8 unspecified atom stereocenters. The molecule has 512 valence electrons. The molecule has 1 saturated heterocycles. The van der Waals surface area contributed by atoms with Crippen molar-refractivity contribution < 1.29 is 49.3 Å². The van der Waals surface area contributed by atoms with Gasteiger partial charge in [0.25, 0.3) is 0 Å². The van der Waals surface area contributed by atoms with Crippen LogP contribution in [0.25, 0.3) is 0 Å². The number of nitrogens with one attached hydrogen (secondary N) is 1. The Morgan fingerprint density at radius 2 is 0.775 bits per heavy atom. The summed E-state index contributed by atoms with van der Waals surface area (Å²) in [6.07, 6.45) is 78.4. The molecule has 0 aromatic heterocycles. The van der Waals surface area contributed by atoms with Crippen molar-refractivity contribution in [3.8, 4) is 0 Å². The number of rotatable bonds is 62. The lowest BCUT2D eigenvalue weighted by Crippen LogP contribution is -2.61. The lowest BCUT2D eigenvalue weighted by Gasteiger charge is -2.41. The SMILES string of the molecule is CCCCC/C=C\C/C=C\C/C=C\C/C=C\CCCCCCCCCCCCC(O)C(=O)NC(COC1OC(CO)C(O)C(O)C1OC(=O)CCCCCCCCC/C=C\C/C=C\C/C=C\C/C=C\CCCCC)C(O)/C=C/CCCCCCCCCCC. The zero-order valence-electron chi connectivity index (χ0n) is 57.0. The highest BCUT2D eigenvalue weighted by atomic mass is 16.7. The Labute approximate surface area is 545 Å². The van der Waals surface area contributed by atoms with Gasteiger partial charge in [-0.1, -0.05) is 297 Å². The first-order valence-corrected chi connectivity index (χ1v) is 36.7. The van der Waals surface area contributed by atoms with Gasteiger partial charge in [-0.25, -0.2) is 0 Å². The second-order valence-electron chi connectivity index (χ2n) is 25.0. The van der Waals surface area contributed by atoms with Gasteiger partial charge in [-0.3, -0.25) is 9.59 Å². The van der Waals surface area contributed by atoms with Crippen molar-refractivity contribution in [1.29, 1.82) is 0 Å². The summed E-state index contributed by atoms with van der Waals surface area (Å²) in [6.45, 7) is 5.74. The van der Waals surface area contributed by atoms with Crippen LogP contribution in [0.1, 0.15) is 310 Å². The zero-order chi connectivity index (χ0) is 64.6. The number of hydrogen-bond acceptors (Lipinski definition) is 10. The fourth-order valence-corrected chi connectivity index (χ4v) is 10.9. The molecule has 1 rings (SSSR count). The quantitative estimate of drug-likeness (QED) is 0.0195. The minimum absolute atomic E-state index is 0.106. The maximum atomic E-state index is 13.5. The Balaban J connectivity index is 2.56. The number of ether oxygens (including phenoxy) is 3. The summed E-state index contributed by atoms with van der Waals surface area (Å²) in [5, 5.41) is 57.3. The predicted molar refractivity (Wildman–Crippen MR) is 375 cm³/mol. The van der Waals surface area contributed by atoms with Crippen molar-refractivity contribution in [2.45, 2.75) is 359 Å². The van der Waals surface area contributed by atoms with Gasteiger partial charge in [0.15, 0.2) is 12.4 Å². The molecule has 11 heteroatoms. The van der Waals surface area contributed by atoms with Crippen LogP contribution in [0.4, 0.5) is 0 Å². The van der Waals surface area contributed by atoms with Crippen LogP contribution in [0.5, 0.6) is 0 Å². The van der Waals surface area contributed by atoms with E-state index in [1.54, 1.807) is 6.08 Å². The Kier molecular flexibility index (Phi) is 60.3. The molecule has 0 radical (unpaired) electrons. The first-order chi connectivity index (χ1) is 43.7. The number of aliphatic hydroxyl groups is 5. The van der Waals surface area contributed by atoms with E-state index < -0.39 is 67.4 Å². The first-order valence-electron chi connectivity index (χ1n) is 36.7. The van der Waals surface area contributed by atoms with Crippen LogP contribution in [0.15, 0.2) is 109 Å². The Hall–Kier alpha value is -3.68. The van der Waals surface area contributed by atoms with Gasteiger partial charge < -0.3 is 45.1 Å². The molecule has 0 bridgehead atoms. The molecule has 8 atom stereocenters. The molecule has 1 amide bonds. The van der Waals surface area contributed by atoms with Gasteiger partial charge in [-0.05, 0) is 116 Å². The van der Waals surface area contributed by atoms with Crippen LogP contribution in [-0.4, -0.2) is 99.6 Å². The summed E-state index contributed by atoms with van der Waals surface area (Å²) in [7, 11) is 0. The number of allylic oxidation sites excluding steroid dienone is 17. The van der Waals surface area contributed by atoms with Crippen LogP contribution in [-0.2, 0) is 23.8 Å². The number of aliphatic hydroxyl groups excluding tert-OH is 5. The van der Waals surface area contributed by atoms with E-state index in [1.807, 2.05) is 6.08 Å². The fraction of sp³-hybridized carbons (Fsp3) is 0.744. The van der Waals surface area contributed by atoms with E-state index in [-0.39, 0.29) is 19.4 Å². The minimum Gasteiger partial charge on any atom is -0.454 e. The fourth-order valence-electron chi connectivity index (χ4n) is 10.9. The summed E-state index contributed by atoms with van der Waals surface area (Å²) in [5.41, 5.74) is 0. The third-order valence-corrected chi connectivity index (χ3v) is 16.6. The number of unbranched alkanes of at least 4 members (excludes halogenated alkanes) is 32. The molecule has 6 N–H and O–H groups in total. The van der Waals surface area contributed by atoms with Crippen LogP contribution < -0.4 is 5.32 Å². The second kappa shape index (κ2) is 64.4. The molecule has 1 heterocycles. The number of carbonyl (C=O) groups is 2. The third-order valence-electron chi connectivity index (χ3n) is 16.6. The van der Waals surface area contributed by atoms with E-state index in [9.17, 15) is 35.1 Å². The van der Waals surface area contributed by atoms with Gasteiger partial charge in [-0.15, -0.1) is 0 Å². The minimum atomic E-state index is -1.63. The van der Waals surface area contributed by atoms with Crippen molar-refractivity contribution in [1.82, 2.24) is 5.32 Å². The number of esters is 1. The van der Waals surface area contributed by atoms with Crippen molar-refractivity contribution >= 4 is 11.9 Å². The van der Waals surface area contributed by atoms with E-state index in [2.05, 4.69) is 123 Å². The molecular formula is C78H135NO10. The molecular weight excluding hydrogens is 1110 g/mol. The summed E-state index contributed by atoms with van der Waals surface area (Å²) in [5.74, 6) is -1.21. The Morgan fingerprint density at radius 1 is 0.438 bits per heavy atom. The molecule has 89 heavy (non-hydrogen) atoms. The largest absolute Gasteiger partial charge is 0.454 e. The molecule has 1 aliphatic heterocycles. The highest BCUT2D eigenvalue weighted by Gasteiger charge is 2.47. The van der Waals surface area contributed by atoms with E-state index in [0.29, 0.717) is 12.8 Å².